The lowest BCUT2D eigenvalue weighted by atomic mass is 10.1. The monoisotopic (exact) mass is 428 g/mol. The Kier molecular flexibility index (Phi) is 5.71. The van der Waals surface area contributed by atoms with Crippen molar-refractivity contribution in [3.63, 3.8) is 0 Å². The molecule has 2 aliphatic rings. The molecule has 154 valence electrons. The SMILES string of the molecule is O=C(Cc1ccccc1F)NCCN1C(=O)S/C(=C\c2ccc3c(c2)OCO3)C1=O. The molecule has 0 unspecified atom stereocenters. The molecule has 1 fully saturated rings. The average molecular weight is 428 g/mol. The molecule has 0 bridgehead atoms. The summed E-state index contributed by atoms with van der Waals surface area (Å²) < 4.78 is 24.2. The van der Waals surface area contributed by atoms with Gasteiger partial charge in [0.25, 0.3) is 11.1 Å². The van der Waals surface area contributed by atoms with Gasteiger partial charge in [0, 0.05) is 13.1 Å². The molecule has 2 aromatic rings. The minimum Gasteiger partial charge on any atom is -0.454 e. The number of imide groups is 1. The van der Waals surface area contributed by atoms with Crippen LogP contribution in [0, 0.1) is 5.82 Å². The zero-order valence-corrected chi connectivity index (χ0v) is 16.5. The fourth-order valence-corrected chi connectivity index (χ4v) is 3.90. The van der Waals surface area contributed by atoms with E-state index >= 15 is 0 Å². The van der Waals surface area contributed by atoms with E-state index in [1.54, 1.807) is 36.4 Å². The lowest BCUT2D eigenvalue weighted by Crippen LogP contribution is -2.37. The van der Waals surface area contributed by atoms with Gasteiger partial charge in [0.15, 0.2) is 11.5 Å². The Balaban J connectivity index is 1.33. The molecule has 3 amide bonds. The molecule has 0 atom stereocenters. The molecule has 1 N–H and O–H groups in total. The lowest BCUT2D eigenvalue weighted by Gasteiger charge is -2.13. The van der Waals surface area contributed by atoms with Crippen LogP contribution in [0.4, 0.5) is 9.18 Å². The number of carbonyl (C=O) groups is 3. The number of hydrogen-bond acceptors (Lipinski definition) is 6. The molecule has 2 heterocycles. The van der Waals surface area contributed by atoms with Crippen molar-refractivity contribution >= 4 is 34.9 Å². The zero-order valence-electron chi connectivity index (χ0n) is 15.7. The van der Waals surface area contributed by atoms with Crippen molar-refractivity contribution < 1.29 is 28.2 Å². The average Bonchev–Trinajstić information content (AvgIpc) is 3.29. The molecule has 2 aliphatic heterocycles. The summed E-state index contributed by atoms with van der Waals surface area (Å²) in [5.74, 6) is -0.0480. The van der Waals surface area contributed by atoms with Crippen molar-refractivity contribution in [2.75, 3.05) is 19.9 Å². The van der Waals surface area contributed by atoms with Crippen LogP contribution in [-0.2, 0) is 16.0 Å². The van der Waals surface area contributed by atoms with E-state index in [2.05, 4.69) is 5.32 Å². The van der Waals surface area contributed by atoms with E-state index < -0.39 is 17.0 Å². The highest BCUT2D eigenvalue weighted by Crippen LogP contribution is 2.36. The number of thioether (sulfide) groups is 1. The van der Waals surface area contributed by atoms with Crippen molar-refractivity contribution in [3.05, 3.63) is 64.3 Å². The van der Waals surface area contributed by atoms with Crippen LogP contribution < -0.4 is 14.8 Å². The van der Waals surface area contributed by atoms with Gasteiger partial charge in [0.2, 0.25) is 12.7 Å². The Hall–Kier alpha value is -3.33. The maximum atomic E-state index is 13.6. The van der Waals surface area contributed by atoms with Crippen molar-refractivity contribution in [1.29, 1.82) is 0 Å². The Morgan fingerprint density at radius 3 is 2.80 bits per heavy atom. The topological polar surface area (TPSA) is 84.9 Å². The highest BCUT2D eigenvalue weighted by molar-refractivity contribution is 8.18. The van der Waals surface area contributed by atoms with Crippen LogP contribution >= 0.6 is 11.8 Å². The van der Waals surface area contributed by atoms with Gasteiger partial charge in [0.05, 0.1) is 11.3 Å². The third-order valence-corrected chi connectivity index (χ3v) is 5.44. The third-order valence-electron chi connectivity index (χ3n) is 4.53. The van der Waals surface area contributed by atoms with Crippen LogP contribution in [0.1, 0.15) is 11.1 Å². The molecule has 9 heteroatoms. The minimum atomic E-state index is -0.452. The summed E-state index contributed by atoms with van der Waals surface area (Å²) in [6.07, 6.45) is 1.50. The van der Waals surface area contributed by atoms with Gasteiger partial charge in [0.1, 0.15) is 5.82 Å². The van der Waals surface area contributed by atoms with E-state index in [0.717, 1.165) is 16.7 Å². The normalized spacial score (nSPS) is 16.4. The van der Waals surface area contributed by atoms with E-state index in [1.165, 1.54) is 12.1 Å². The van der Waals surface area contributed by atoms with Crippen LogP contribution in [0.3, 0.4) is 0 Å². The van der Waals surface area contributed by atoms with E-state index in [1.807, 2.05) is 0 Å². The number of halogens is 1. The number of carbonyl (C=O) groups excluding carboxylic acids is 3. The number of nitrogens with one attached hydrogen (secondary N) is 1. The number of benzene rings is 2. The quantitative estimate of drug-likeness (QED) is 0.713. The van der Waals surface area contributed by atoms with Crippen LogP contribution in [-0.4, -0.2) is 41.8 Å². The summed E-state index contributed by atoms with van der Waals surface area (Å²) in [7, 11) is 0. The fraction of sp³-hybridized carbons (Fsp3) is 0.190. The zero-order chi connectivity index (χ0) is 21.1. The molecule has 0 aliphatic carbocycles. The highest BCUT2D eigenvalue weighted by atomic mass is 32.2. The molecule has 4 rings (SSSR count). The van der Waals surface area contributed by atoms with Crippen molar-refractivity contribution in [3.8, 4) is 11.5 Å². The summed E-state index contributed by atoms with van der Waals surface area (Å²) in [5, 5.41) is 2.20. The molecule has 0 aromatic heterocycles. The first-order valence-electron chi connectivity index (χ1n) is 9.16. The van der Waals surface area contributed by atoms with Crippen molar-refractivity contribution in [2.24, 2.45) is 0 Å². The highest BCUT2D eigenvalue weighted by Gasteiger charge is 2.34. The third kappa shape index (κ3) is 4.30. The molecular weight excluding hydrogens is 411 g/mol. The second-order valence-corrected chi connectivity index (χ2v) is 7.56. The first-order valence-corrected chi connectivity index (χ1v) is 9.98. The predicted octanol–water partition coefficient (Wildman–Crippen LogP) is 2.95. The van der Waals surface area contributed by atoms with Crippen LogP contribution in [0.15, 0.2) is 47.4 Å². The summed E-state index contributed by atoms with van der Waals surface area (Å²) in [5.41, 5.74) is 0.996. The van der Waals surface area contributed by atoms with Gasteiger partial charge in [-0.05, 0) is 47.2 Å². The van der Waals surface area contributed by atoms with Gasteiger partial charge in [-0.15, -0.1) is 0 Å². The molecule has 2 aromatic carbocycles. The van der Waals surface area contributed by atoms with Crippen molar-refractivity contribution in [1.82, 2.24) is 10.2 Å². The minimum absolute atomic E-state index is 0.0339. The lowest BCUT2D eigenvalue weighted by molar-refractivity contribution is -0.124. The summed E-state index contributed by atoms with van der Waals surface area (Å²) >= 11 is 0.838. The Labute approximate surface area is 175 Å². The van der Waals surface area contributed by atoms with Gasteiger partial charge in [-0.25, -0.2) is 4.39 Å². The Morgan fingerprint density at radius 1 is 1.17 bits per heavy atom. The second-order valence-electron chi connectivity index (χ2n) is 6.56. The first kappa shape index (κ1) is 20.0. The molecule has 0 spiro atoms. The van der Waals surface area contributed by atoms with Gasteiger partial charge < -0.3 is 14.8 Å². The van der Waals surface area contributed by atoms with Crippen molar-refractivity contribution in [2.45, 2.75) is 6.42 Å². The van der Waals surface area contributed by atoms with Crippen LogP contribution in [0.5, 0.6) is 11.5 Å². The smallest absolute Gasteiger partial charge is 0.293 e. The summed E-state index contributed by atoms with van der Waals surface area (Å²) in [4.78, 5) is 38.1. The largest absolute Gasteiger partial charge is 0.454 e. The number of hydrogen-bond donors (Lipinski definition) is 1. The first-order chi connectivity index (χ1) is 14.5. The molecular formula is C21H17FN2O5S. The van der Waals surface area contributed by atoms with E-state index in [-0.39, 0.29) is 42.7 Å². The summed E-state index contributed by atoms with van der Waals surface area (Å²) in [6.45, 7) is 0.271. The maximum absolute atomic E-state index is 13.6. The van der Waals surface area contributed by atoms with Crippen LogP contribution in [0.2, 0.25) is 0 Å². The second kappa shape index (κ2) is 8.58. The molecule has 7 nitrogen and oxygen atoms in total. The van der Waals surface area contributed by atoms with E-state index in [0.29, 0.717) is 17.1 Å². The Morgan fingerprint density at radius 2 is 1.97 bits per heavy atom. The number of rotatable bonds is 6. The molecule has 1 saturated heterocycles. The Bertz CT molecular complexity index is 1060. The molecule has 30 heavy (non-hydrogen) atoms. The van der Waals surface area contributed by atoms with Crippen LogP contribution in [0.25, 0.3) is 6.08 Å². The predicted molar refractivity (Wildman–Crippen MR) is 108 cm³/mol. The van der Waals surface area contributed by atoms with E-state index in [4.69, 9.17) is 9.47 Å². The standard InChI is InChI=1S/C21H17FN2O5S/c22-15-4-2-1-3-14(15)11-19(25)23-7-8-24-20(26)18(30-21(24)27)10-13-5-6-16-17(9-13)29-12-28-16/h1-6,9-10H,7-8,11-12H2,(H,23,25)/b18-10-. The number of nitrogens with zero attached hydrogens (tertiary/aromatic N) is 1. The van der Waals surface area contributed by atoms with Gasteiger partial charge in [-0.1, -0.05) is 24.3 Å². The summed E-state index contributed by atoms with van der Waals surface area (Å²) in [6, 6.07) is 11.3. The fourth-order valence-electron chi connectivity index (χ4n) is 3.03. The number of ether oxygens (including phenoxy) is 2. The van der Waals surface area contributed by atoms with Gasteiger partial charge in [-0.3, -0.25) is 19.3 Å². The molecule has 0 radical (unpaired) electrons. The molecule has 0 saturated carbocycles. The number of amides is 3. The van der Waals surface area contributed by atoms with E-state index in [9.17, 15) is 18.8 Å². The van der Waals surface area contributed by atoms with Gasteiger partial charge in [-0.2, -0.15) is 0 Å². The number of fused-ring (bicyclic) bond motifs is 1. The maximum Gasteiger partial charge on any atom is 0.293 e. The van der Waals surface area contributed by atoms with Gasteiger partial charge >= 0.3 is 0 Å².